The van der Waals surface area contributed by atoms with Crippen molar-refractivity contribution in [2.45, 2.75) is 6.92 Å². The summed E-state index contributed by atoms with van der Waals surface area (Å²) in [5, 5.41) is 3.48. The lowest BCUT2D eigenvalue weighted by molar-refractivity contribution is 0.102. The molecule has 4 nitrogen and oxygen atoms in total. The highest BCUT2D eigenvalue weighted by Gasteiger charge is 2.13. The van der Waals surface area contributed by atoms with Gasteiger partial charge in [0.2, 0.25) is 0 Å². The van der Waals surface area contributed by atoms with E-state index in [1.54, 1.807) is 24.4 Å². The molecule has 0 aliphatic rings. The van der Waals surface area contributed by atoms with Gasteiger partial charge in [0.05, 0.1) is 16.9 Å². The number of H-pyrrole nitrogens is 1. The summed E-state index contributed by atoms with van der Waals surface area (Å²) in [5.41, 5.74) is 3.07. The molecule has 19 heavy (non-hydrogen) atoms. The average molecular weight is 278 g/mol. The molecule has 2 rings (SSSR count). The Morgan fingerprint density at radius 2 is 2.05 bits per heavy atom. The molecule has 1 amide bonds. The number of hydrogen-bond donors (Lipinski definition) is 2. The first-order valence-electron chi connectivity index (χ1n) is 5.91. The van der Waals surface area contributed by atoms with E-state index >= 15 is 0 Å². The van der Waals surface area contributed by atoms with Crippen LogP contribution in [-0.4, -0.2) is 25.0 Å². The van der Waals surface area contributed by atoms with Crippen LogP contribution in [0, 0.1) is 6.92 Å². The maximum absolute atomic E-state index is 12.2. The molecule has 1 aromatic heterocycles. The highest BCUT2D eigenvalue weighted by atomic mass is 35.5. The van der Waals surface area contributed by atoms with E-state index in [0.29, 0.717) is 16.3 Å². The number of halogens is 1. The largest absolute Gasteiger partial charge is 0.376 e. The molecule has 5 heteroatoms. The molecule has 0 bridgehead atoms. The van der Waals surface area contributed by atoms with Gasteiger partial charge in [-0.25, -0.2) is 0 Å². The minimum absolute atomic E-state index is 0.149. The second-order valence-electron chi connectivity index (χ2n) is 4.53. The Balaban J connectivity index is 2.31. The van der Waals surface area contributed by atoms with Gasteiger partial charge >= 0.3 is 0 Å². The first-order valence-corrected chi connectivity index (χ1v) is 6.29. The minimum Gasteiger partial charge on any atom is -0.376 e. The van der Waals surface area contributed by atoms with Gasteiger partial charge in [-0.1, -0.05) is 11.6 Å². The number of aromatic amines is 1. The second-order valence-corrected chi connectivity index (χ2v) is 4.96. The van der Waals surface area contributed by atoms with Crippen LogP contribution >= 0.6 is 11.6 Å². The number of benzene rings is 1. The van der Waals surface area contributed by atoms with Crippen LogP contribution < -0.4 is 10.2 Å². The lowest BCUT2D eigenvalue weighted by Gasteiger charge is -2.18. The topological polar surface area (TPSA) is 48.1 Å². The third-order valence-electron chi connectivity index (χ3n) is 2.89. The molecule has 1 heterocycles. The summed E-state index contributed by atoms with van der Waals surface area (Å²) in [6, 6.07) is 7.18. The summed E-state index contributed by atoms with van der Waals surface area (Å²) in [5.74, 6) is -0.149. The number of hydrogen-bond acceptors (Lipinski definition) is 2. The van der Waals surface area contributed by atoms with Gasteiger partial charge in [-0.05, 0) is 31.2 Å². The van der Waals surface area contributed by atoms with Gasteiger partial charge in [0, 0.05) is 31.0 Å². The number of nitrogens with zero attached hydrogens (tertiary/aromatic N) is 1. The zero-order valence-electron chi connectivity index (χ0n) is 11.1. The second kappa shape index (κ2) is 5.36. The van der Waals surface area contributed by atoms with Crippen LogP contribution in [0.25, 0.3) is 0 Å². The highest BCUT2D eigenvalue weighted by Crippen LogP contribution is 2.28. The van der Waals surface area contributed by atoms with E-state index < -0.39 is 0 Å². The molecule has 0 aliphatic carbocycles. The fraction of sp³-hybridized carbons (Fsp3) is 0.214. The Bertz CT molecular complexity index is 604. The van der Waals surface area contributed by atoms with Crippen molar-refractivity contribution in [3.05, 3.63) is 46.7 Å². The molecule has 0 aliphatic heterocycles. The molecule has 0 fully saturated rings. The third kappa shape index (κ3) is 2.90. The molecular formula is C14H16ClN3O. The summed E-state index contributed by atoms with van der Waals surface area (Å²) >= 11 is 5.99. The van der Waals surface area contributed by atoms with Gasteiger partial charge in [0.15, 0.2) is 0 Å². The van der Waals surface area contributed by atoms with Gasteiger partial charge in [-0.15, -0.1) is 0 Å². The molecule has 0 unspecified atom stereocenters. The average Bonchev–Trinajstić information content (AvgIpc) is 2.75. The first-order chi connectivity index (χ1) is 8.99. The normalized spacial score (nSPS) is 10.3. The molecule has 0 atom stereocenters. The van der Waals surface area contributed by atoms with Crippen molar-refractivity contribution >= 4 is 28.9 Å². The van der Waals surface area contributed by atoms with Crippen molar-refractivity contribution in [3.63, 3.8) is 0 Å². The van der Waals surface area contributed by atoms with Crippen molar-refractivity contribution in [2.75, 3.05) is 24.3 Å². The molecule has 0 saturated heterocycles. The standard InChI is InChI=1S/C14H16ClN3O/c1-9-11(6-7-16-9)14(19)17-12-8-10(15)4-5-13(12)18(2)3/h4-8,16H,1-3H3,(H,17,19). The number of rotatable bonds is 3. The highest BCUT2D eigenvalue weighted by molar-refractivity contribution is 6.31. The number of aromatic nitrogens is 1. The quantitative estimate of drug-likeness (QED) is 0.904. The van der Waals surface area contributed by atoms with Gasteiger partial charge in [0.25, 0.3) is 5.91 Å². The molecular weight excluding hydrogens is 262 g/mol. The number of carbonyl (C=O) groups is 1. The fourth-order valence-electron chi connectivity index (χ4n) is 1.89. The Labute approximate surface area is 117 Å². The van der Waals surface area contributed by atoms with Crippen LogP contribution in [0.4, 0.5) is 11.4 Å². The fourth-order valence-corrected chi connectivity index (χ4v) is 2.06. The van der Waals surface area contributed by atoms with Crippen molar-refractivity contribution in [1.82, 2.24) is 4.98 Å². The van der Waals surface area contributed by atoms with E-state index in [0.717, 1.165) is 11.4 Å². The number of nitrogens with one attached hydrogen (secondary N) is 2. The van der Waals surface area contributed by atoms with E-state index in [4.69, 9.17) is 11.6 Å². The Morgan fingerprint density at radius 1 is 1.32 bits per heavy atom. The van der Waals surface area contributed by atoms with E-state index in [9.17, 15) is 4.79 Å². The predicted octanol–water partition coefficient (Wildman–Crippen LogP) is 3.29. The summed E-state index contributed by atoms with van der Waals surface area (Å²) < 4.78 is 0. The number of aryl methyl sites for hydroxylation is 1. The maximum atomic E-state index is 12.2. The Kier molecular flexibility index (Phi) is 3.81. The Hall–Kier alpha value is -1.94. The van der Waals surface area contributed by atoms with E-state index in [-0.39, 0.29) is 5.91 Å². The van der Waals surface area contributed by atoms with Gasteiger partial charge in [-0.3, -0.25) is 4.79 Å². The summed E-state index contributed by atoms with van der Waals surface area (Å²) in [7, 11) is 3.83. The summed E-state index contributed by atoms with van der Waals surface area (Å²) in [6.07, 6.45) is 1.75. The van der Waals surface area contributed by atoms with Crippen molar-refractivity contribution in [2.24, 2.45) is 0 Å². The van der Waals surface area contributed by atoms with Crippen LogP contribution in [0.3, 0.4) is 0 Å². The lowest BCUT2D eigenvalue weighted by Crippen LogP contribution is -2.17. The van der Waals surface area contributed by atoms with Crippen LogP contribution in [0.2, 0.25) is 5.02 Å². The molecule has 0 saturated carbocycles. The van der Waals surface area contributed by atoms with Gasteiger partial charge < -0.3 is 15.2 Å². The molecule has 2 aromatic rings. The van der Waals surface area contributed by atoms with E-state index in [2.05, 4.69) is 10.3 Å². The number of amides is 1. The van der Waals surface area contributed by atoms with Crippen molar-refractivity contribution in [3.8, 4) is 0 Å². The van der Waals surface area contributed by atoms with E-state index in [1.165, 1.54) is 0 Å². The SMILES string of the molecule is Cc1[nH]ccc1C(=O)Nc1cc(Cl)ccc1N(C)C. The zero-order valence-corrected chi connectivity index (χ0v) is 11.9. The lowest BCUT2D eigenvalue weighted by atomic mass is 10.2. The van der Waals surface area contributed by atoms with Crippen molar-refractivity contribution < 1.29 is 4.79 Å². The molecule has 1 aromatic carbocycles. The number of carbonyl (C=O) groups excluding carboxylic acids is 1. The van der Waals surface area contributed by atoms with E-state index in [1.807, 2.05) is 32.0 Å². The van der Waals surface area contributed by atoms with Crippen LogP contribution in [0.15, 0.2) is 30.5 Å². The first kappa shape index (κ1) is 13.5. The van der Waals surface area contributed by atoms with Gasteiger partial charge in [-0.2, -0.15) is 0 Å². The summed E-state index contributed by atoms with van der Waals surface area (Å²) in [6.45, 7) is 1.86. The monoisotopic (exact) mass is 277 g/mol. The summed E-state index contributed by atoms with van der Waals surface area (Å²) in [4.78, 5) is 17.1. The van der Waals surface area contributed by atoms with Crippen molar-refractivity contribution in [1.29, 1.82) is 0 Å². The smallest absolute Gasteiger partial charge is 0.257 e. The maximum Gasteiger partial charge on any atom is 0.257 e. The van der Waals surface area contributed by atoms with Crippen LogP contribution in [-0.2, 0) is 0 Å². The van der Waals surface area contributed by atoms with Crippen LogP contribution in [0.5, 0.6) is 0 Å². The minimum atomic E-state index is -0.149. The molecule has 100 valence electrons. The van der Waals surface area contributed by atoms with Crippen LogP contribution in [0.1, 0.15) is 16.1 Å². The number of anilines is 2. The molecule has 0 radical (unpaired) electrons. The third-order valence-corrected chi connectivity index (χ3v) is 3.12. The zero-order chi connectivity index (χ0) is 14.0. The molecule has 0 spiro atoms. The Morgan fingerprint density at radius 3 is 2.63 bits per heavy atom. The van der Waals surface area contributed by atoms with Gasteiger partial charge in [0.1, 0.15) is 0 Å². The molecule has 2 N–H and O–H groups in total. The predicted molar refractivity (Wildman–Crippen MR) is 79.3 cm³/mol.